The number of aliphatic hydroxyl groups is 1. The van der Waals surface area contributed by atoms with Gasteiger partial charge in [-0.25, -0.2) is 0 Å². The fourth-order valence-electron chi connectivity index (χ4n) is 1.57. The smallest absolute Gasteiger partial charge is 0.247 e. The van der Waals surface area contributed by atoms with Crippen LogP contribution in [0.15, 0.2) is 24.3 Å². The van der Waals surface area contributed by atoms with E-state index in [9.17, 15) is 9.90 Å². The number of aliphatic hydroxyl groups excluding tert-OH is 1. The first kappa shape index (κ1) is 12.7. The first-order chi connectivity index (χ1) is 7.52. The highest BCUT2D eigenvalue weighted by atomic mass is 16.3. The molecule has 0 aliphatic heterocycles. The lowest BCUT2D eigenvalue weighted by Gasteiger charge is -2.17. The van der Waals surface area contributed by atoms with Gasteiger partial charge in [0.05, 0.1) is 0 Å². The van der Waals surface area contributed by atoms with E-state index in [4.69, 9.17) is 5.73 Å². The van der Waals surface area contributed by atoms with Gasteiger partial charge in [-0.2, -0.15) is 0 Å². The van der Waals surface area contributed by atoms with Crippen LogP contribution in [0.1, 0.15) is 24.1 Å². The highest BCUT2D eigenvalue weighted by Gasteiger charge is 2.13. The molecule has 0 saturated heterocycles. The number of hydrogen-bond acceptors (Lipinski definition) is 3. The average Bonchev–Trinajstić information content (AvgIpc) is 2.25. The molecule has 16 heavy (non-hydrogen) atoms. The van der Waals surface area contributed by atoms with Crippen molar-refractivity contribution in [3.63, 3.8) is 0 Å². The minimum Gasteiger partial charge on any atom is -0.382 e. The van der Waals surface area contributed by atoms with Crippen molar-refractivity contribution in [2.75, 3.05) is 6.54 Å². The van der Waals surface area contributed by atoms with Crippen molar-refractivity contribution in [1.29, 1.82) is 0 Å². The molecule has 88 valence electrons. The molecule has 0 aromatic heterocycles. The van der Waals surface area contributed by atoms with Gasteiger partial charge < -0.3 is 16.2 Å². The molecule has 0 spiro atoms. The third kappa shape index (κ3) is 3.32. The SMILES string of the molecule is Cc1ccccc1C(C)NCC(O)C(N)=O. The summed E-state index contributed by atoms with van der Waals surface area (Å²) in [4.78, 5) is 10.6. The van der Waals surface area contributed by atoms with Crippen LogP contribution in [0.25, 0.3) is 0 Å². The lowest BCUT2D eigenvalue weighted by molar-refractivity contribution is -0.125. The lowest BCUT2D eigenvalue weighted by Crippen LogP contribution is -2.38. The third-order valence-electron chi connectivity index (χ3n) is 2.60. The standard InChI is InChI=1S/C12H18N2O2/c1-8-5-3-4-6-10(8)9(2)14-7-11(15)12(13)16/h3-6,9,11,14-15H,7H2,1-2H3,(H2,13,16). The van der Waals surface area contributed by atoms with Crippen LogP contribution in [0.4, 0.5) is 0 Å². The van der Waals surface area contributed by atoms with E-state index in [0.717, 1.165) is 5.56 Å². The molecule has 0 radical (unpaired) electrons. The second-order valence-electron chi connectivity index (χ2n) is 3.90. The summed E-state index contributed by atoms with van der Waals surface area (Å²) < 4.78 is 0. The van der Waals surface area contributed by atoms with Crippen molar-refractivity contribution in [3.05, 3.63) is 35.4 Å². The van der Waals surface area contributed by atoms with Gasteiger partial charge in [-0.05, 0) is 25.0 Å². The number of aryl methyl sites for hydroxylation is 1. The van der Waals surface area contributed by atoms with Crippen molar-refractivity contribution in [2.24, 2.45) is 5.73 Å². The number of amides is 1. The second-order valence-corrected chi connectivity index (χ2v) is 3.90. The fraction of sp³-hybridized carbons (Fsp3) is 0.417. The molecule has 4 N–H and O–H groups in total. The molecule has 4 heteroatoms. The molecule has 1 aromatic carbocycles. The van der Waals surface area contributed by atoms with Crippen molar-refractivity contribution in [2.45, 2.75) is 26.0 Å². The monoisotopic (exact) mass is 222 g/mol. The Bertz CT molecular complexity index is 366. The van der Waals surface area contributed by atoms with Crippen LogP contribution in [-0.2, 0) is 4.79 Å². The topological polar surface area (TPSA) is 75.3 Å². The van der Waals surface area contributed by atoms with Crippen LogP contribution in [0, 0.1) is 6.92 Å². The molecule has 0 aliphatic rings. The highest BCUT2D eigenvalue weighted by Crippen LogP contribution is 2.16. The summed E-state index contributed by atoms with van der Waals surface area (Å²) in [6.07, 6.45) is -1.13. The number of primary amides is 1. The molecule has 0 aliphatic carbocycles. The number of nitrogens with one attached hydrogen (secondary N) is 1. The highest BCUT2D eigenvalue weighted by molar-refractivity contribution is 5.78. The summed E-state index contributed by atoms with van der Waals surface area (Å²) in [6.45, 7) is 4.18. The van der Waals surface area contributed by atoms with Crippen molar-refractivity contribution >= 4 is 5.91 Å². The zero-order valence-corrected chi connectivity index (χ0v) is 9.60. The molecule has 1 amide bonds. The van der Waals surface area contributed by atoms with E-state index in [1.165, 1.54) is 5.56 Å². The molecule has 1 aromatic rings. The minimum absolute atomic E-state index is 0.0789. The Morgan fingerprint density at radius 1 is 1.50 bits per heavy atom. The van der Waals surface area contributed by atoms with E-state index in [2.05, 4.69) is 5.32 Å². The van der Waals surface area contributed by atoms with Gasteiger partial charge in [-0.1, -0.05) is 24.3 Å². The van der Waals surface area contributed by atoms with Crippen LogP contribution < -0.4 is 11.1 Å². The van der Waals surface area contributed by atoms with E-state index < -0.39 is 12.0 Å². The minimum atomic E-state index is -1.13. The summed E-state index contributed by atoms with van der Waals surface area (Å²) in [7, 11) is 0. The van der Waals surface area contributed by atoms with Gasteiger partial charge in [0.25, 0.3) is 0 Å². The Balaban J connectivity index is 2.56. The van der Waals surface area contributed by atoms with Crippen LogP contribution in [0.2, 0.25) is 0 Å². The molecule has 0 heterocycles. The third-order valence-corrected chi connectivity index (χ3v) is 2.60. The Morgan fingerprint density at radius 3 is 2.69 bits per heavy atom. The van der Waals surface area contributed by atoms with Gasteiger partial charge in [0.2, 0.25) is 5.91 Å². The first-order valence-corrected chi connectivity index (χ1v) is 5.28. The van der Waals surface area contributed by atoms with Crippen LogP contribution in [0.3, 0.4) is 0 Å². The number of nitrogens with two attached hydrogens (primary N) is 1. The Hall–Kier alpha value is -1.39. The molecule has 2 atom stereocenters. The van der Waals surface area contributed by atoms with Crippen LogP contribution >= 0.6 is 0 Å². The molecule has 0 saturated carbocycles. The molecular weight excluding hydrogens is 204 g/mol. The summed E-state index contributed by atoms with van der Waals surface area (Å²) in [5.41, 5.74) is 7.29. The number of carbonyl (C=O) groups excluding carboxylic acids is 1. The fourth-order valence-corrected chi connectivity index (χ4v) is 1.57. The predicted octanol–water partition coefficient (Wildman–Crippen LogP) is 0.492. The summed E-state index contributed by atoms with van der Waals surface area (Å²) in [5, 5.41) is 12.3. The van der Waals surface area contributed by atoms with Crippen LogP contribution in [0.5, 0.6) is 0 Å². The van der Waals surface area contributed by atoms with Crippen molar-refractivity contribution < 1.29 is 9.90 Å². The quantitative estimate of drug-likeness (QED) is 0.678. The lowest BCUT2D eigenvalue weighted by atomic mass is 10.0. The summed E-state index contributed by atoms with van der Waals surface area (Å²) in [6, 6.07) is 8.06. The summed E-state index contributed by atoms with van der Waals surface area (Å²) in [5.74, 6) is -0.704. The maximum atomic E-state index is 10.6. The molecular formula is C12H18N2O2. The summed E-state index contributed by atoms with van der Waals surface area (Å²) >= 11 is 0. The van der Waals surface area contributed by atoms with Gasteiger partial charge >= 0.3 is 0 Å². The van der Waals surface area contributed by atoms with E-state index >= 15 is 0 Å². The van der Waals surface area contributed by atoms with E-state index in [0.29, 0.717) is 0 Å². The number of carbonyl (C=O) groups is 1. The maximum absolute atomic E-state index is 10.6. The van der Waals surface area contributed by atoms with Crippen molar-refractivity contribution in [1.82, 2.24) is 5.32 Å². The molecule has 4 nitrogen and oxygen atoms in total. The zero-order valence-electron chi connectivity index (χ0n) is 9.60. The number of benzene rings is 1. The van der Waals surface area contributed by atoms with Crippen LogP contribution in [-0.4, -0.2) is 23.7 Å². The Morgan fingerprint density at radius 2 is 2.12 bits per heavy atom. The Labute approximate surface area is 95.5 Å². The molecule has 2 unspecified atom stereocenters. The van der Waals surface area contributed by atoms with Gasteiger partial charge in [0.15, 0.2) is 0 Å². The Kier molecular flexibility index (Phi) is 4.46. The predicted molar refractivity (Wildman–Crippen MR) is 62.8 cm³/mol. The van der Waals surface area contributed by atoms with E-state index in [1.54, 1.807) is 0 Å². The van der Waals surface area contributed by atoms with E-state index in [1.807, 2.05) is 38.1 Å². The van der Waals surface area contributed by atoms with E-state index in [-0.39, 0.29) is 12.6 Å². The maximum Gasteiger partial charge on any atom is 0.247 e. The van der Waals surface area contributed by atoms with Gasteiger partial charge in [-0.15, -0.1) is 0 Å². The first-order valence-electron chi connectivity index (χ1n) is 5.28. The van der Waals surface area contributed by atoms with Gasteiger partial charge in [-0.3, -0.25) is 4.79 Å². The van der Waals surface area contributed by atoms with Gasteiger partial charge in [0.1, 0.15) is 6.10 Å². The van der Waals surface area contributed by atoms with Gasteiger partial charge in [0, 0.05) is 12.6 Å². The number of hydrogen-bond donors (Lipinski definition) is 3. The molecule has 0 fully saturated rings. The second kappa shape index (κ2) is 5.63. The van der Waals surface area contributed by atoms with Crippen molar-refractivity contribution in [3.8, 4) is 0 Å². The molecule has 1 rings (SSSR count). The largest absolute Gasteiger partial charge is 0.382 e. The zero-order chi connectivity index (χ0) is 12.1. The average molecular weight is 222 g/mol. The number of rotatable bonds is 5. The normalized spacial score (nSPS) is 14.4. The molecule has 0 bridgehead atoms.